The van der Waals surface area contributed by atoms with E-state index in [1.165, 1.54) is 0 Å². The molecule has 3 heteroatoms. The maximum atomic E-state index is 11.3. The lowest BCUT2D eigenvalue weighted by Gasteiger charge is -2.35. The van der Waals surface area contributed by atoms with Crippen LogP contribution in [0.25, 0.3) is 0 Å². The van der Waals surface area contributed by atoms with Crippen LogP contribution < -0.4 is 0 Å². The van der Waals surface area contributed by atoms with Gasteiger partial charge in [-0.1, -0.05) is 0 Å². The van der Waals surface area contributed by atoms with E-state index in [1.54, 1.807) is 7.11 Å². The van der Waals surface area contributed by atoms with Crippen LogP contribution >= 0.6 is 11.6 Å². The number of alkyl halides is 1. The van der Waals surface area contributed by atoms with Crippen molar-refractivity contribution < 1.29 is 9.53 Å². The van der Waals surface area contributed by atoms with E-state index in [1.807, 2.05) is 0 Å². The molecule has 1 saturated carbocycles. The first kappa shape index (κ1) is 11.0. The molecule has 0 saturated heterocycles. The number of ketones is 1. The number of halogens is 1. The van der Waals surface area contributed by atoms with Crippen molar-refractivity contribution in [3.8, 4) is 0 Å². The molecule has 0 spiro atoms. The zero-order valence-electron chi connectivity index (χ0n) is 8.31. The number of hydrogen-bond acceptors (Lipinski definition) is 2. The molecular weight excluding hydrogens is 188 g/mol. The van der Waals surface area contributed by atoms with Gasteiger partial charge in [-0.15, -0.1) is 11.6 Å². The van der Waals surface area contributed by atoms with Crippen LogP contribution in [0, 0.1) is 5.92 Å². The Morgan fingerprint density at radius 3 is 2.46 bits per heavy atom. The highest BCUT2D eigenvalue weighted by molar-refractivity contribution is 6.27. The minimum atomic E-state index is -0.0108. The Balaban J connectivity index is 2.43. The zero-order chi connectivity index (χ0) is 9.90. The Bertz CT molecular complexity index is 183. The lowest BCUT2D eigenvalue weighted by atomic mass is 9.78. The maximum absolute atomic E-state index is 11.3. The maximum Gasteiger partial charge on any atom is 0.150 e. The van der Waals surface area contributed by atoms with Crippen molar-refractivity contribution in [2.75, 3.05) is 13.0 Å². The van der Waals surface area contributed by atoms with Gasteiger partial charge in [0.15, 0.2) is 5.78 Å². The van der Waals surface area contributed by atoms with Crippen molar-refractivity contribution in [2.24, 2.45) is 5.92 Å². The average molecular weight is 205 g/mol. The molecule has 1 rings (SSSR count). The van der Waals surface area contributed by atoms with Crippen molar-refractivity contribution in [3.05, 3.63) is 0 Å². The second-order valence-corrected chi connectivity index (χ2v) is 4.30. The van der Waals surface area contributed by atoms with Gasteiger partial charge in [0.2, 0.25) is 0 Å². The lowest BCUT2D eigenvalue weighted by molar-refractivity contribution is -0.123. The van der Waals surface area contributed by atoms with E-state index >= 15 is 0 Å². The van der Waals surface area contributed by atoms with Gasteiger partial charge in [0.05, 0.1) is 11.5 Å². The molecule has 0 bridgehead atoms. The van der Waals surface area contributed by atoms with E-state index in [0.29, 0.717) is 0 Å². The van der Waals surface area contributed by atoms with Crippen LogP contribution in [0.4, 0.5) is 0 Å². The summed E-state index contributed by atoms with van der Waals surface area (Å²) < 4.78 is 5.40. The predicted molar refractivity (Wildman–Crippen MR) is 53.1 cm³/mol. The molecule has 0 unspecified atom stereocenters. The molecule has 1 fully saturated rings. The summed E-state index contributed by atoms with van der Waals surface area (Å²) in [5.41, 5.74) is -0.0108. The second kappa shape index (κ2) is 4.43. The van der Waals surface area contributed by atoms with Crippen LogP contribution in [0.5, 0.6) is 0 Å². The molecule has 0 aliphatic heterocycles. The molecule has 0 N–H and O–H groups in total. The van der Waals surface area contributed by atoms with E-state index in [0.717, 1.165) is 25.7 Å². The van der Waals surface area contributed by atoms with E-state index in [2.05, 4.69) is 6.92 Å². The third-order valence-electron chi connectivity index (χ3n) is 3.12. The summed E-state index contributed by atoms with van der Waals surface area (Å²) in [6, 6.07) is 0. The predicted octanol–water partition coefficient (Wildman–Crippen LogP) is 2.39. The number of ether oxygens (including phenoxy) is 1. The summed E-state index contributed by atoms with van der Waals surface area (Å²) >= 11 is 5.51. The lowest BCUT2D eigenvalue weighted by Crippen LogP contribution is -2.35. The first-order chi connectivity index (χ1) is 6.11. The Labute approximate surface area is 84.6 Å². The molecule has 0 radical (unpaired) electrons. The van der Waals surface area contributed by atoms with Gasteiger partial charge in [-0.3, -0.25) is 4.79 Å². The summed E-state index contributed by atoms with van der Waals surface area (Å²) in [6.07, 6.45) is 3.79. The van der Waals surface area contributed by atoms with Gasteiger partial charge in [-0.25, -0.2) is 0 Å². The van der Waals surface area contributed by atoms with Crippen LogP contribution in [-0.2, 0) is 9.53 Å². The topological polar surface area (TPSA) is 26.3 Å². The highest BCUT2D eigenvalue weighted by Gasteiger charge is 2.33. The minimum Gasteiger partial charge on any atom is -0.379 e. The zero-order valence-corrected chi connectivity index (χ0v) is 9.06. The Kier molecular flexibility index (Phi) is 3.74. The van der Waals surface area contributed by atoms with Crippen LogP contribution in [-0.4, -0.2) is 24.4 Å². The highest BCUT2D eigenvalue weighted by atomic mass is 35.5. The molecule has 0 heterocycles. The van der Waals surface area contributed by atoms with Crippen LogP contribution in [0.3, 0.4) is 0 Å². The van der Waals surface area contributed by atoms with Crippen molar-refractivity contribution in [2.45, 2.75) is 38.2 Å². The number of rotatable bonds is 3. The van der Waals surface area contributed by atoms with Gasteiger partial charge < -0.3 is 4.74 Å². The molecule has 0 amide bonds. The molecule has 2 nitrogen and oxygen atoms in total. The van der Waals surface area contributed by atoms with Crippen LogP contribution in [0.1, 0.15) is 32.6 Å². The smallest absolute Gasteiger partial charge is 0.150 e. The quantitative estimate of drug-likeness (QED) is 0.660. The first-order valence-electron chi connectivity index (χ1n) is 4.75. The fourth-order valence-corrected chi connectivity index (χ4v) is 2.08. The van der Waals surface area contributed by atoms with Crippen molar-refractivity contribution in [3.63, 3.8) is 0 Å². The molecule has 13 heavy (non-hydrogen) atoms. The minimum absolute atomic E-state index is 0.0108. The summed E-state index contributed by atoms with van der Waals surface area (Å²) in [5.74, 6) is 0.537. The standard InChI is InChI=1S/C10H17ClO2/c1-10(13-2)5-3-8(4-6-10)9(12)7-11/h8H,3-7H2,1-2H3. The second-order valence-electron chi connectivity index (χ2n) is 4.03. The largest absolute Gasteiger partial charge is 0.379 e. The number of carbonyl (C=O) groups is 1. The molecule has 0 atom stereocenters. The molecule has 0 aromatic heterocycles. The van der Waals surface area contributed by atoms with E-state index in [-0.39, 0.29) is 23.2 Å². The molecular formula is C10H17ClO2. The number of Topliss-reactive ketones (excluding diaryl/α,β-unsaturated/α-hetero) is 1. The summed E-state index contributed by atoms with van der Waals surface area (Å²) in [6.45, 7) is 2.11. The SMILES string of the molecule is COC1(C)CCC(C(=O)CCl)CC1. The van der Waals surface area contributed by atoms with Gasteiger partial charge in [-0.05, 0) is 32.6 Å². The van der Waals surface area contributed by atoms with Gasteiger partial charge in [0, 0.05) is 13.0 Å². The van der Waals surface area contributed by atoms with Gasteiger partial charge in [-0.2, -0.15) is 0 Å². The van der Waals surface area contributed by atoms with Crippen LogP contribution in [0.15, 0.2) is 0 Å². The van der Waals surface area contributed by atoms with Gasteiger partial charge in [0.25, 0.3) is 0 Å². The van der Waals surface area contributed by atoms with Crippen molar-refractivity contribution in [1.82, 2.24) is 0 Å². The Hall–Kier alpha value is -0.0800. The molecule has 0 aromatic carbocycles. The van der Waals surface area contributed by atoms with E-state index in [9.17, 15) is 4.79 Å². The van der Waals surface area contributed by atoms with Crippen molar-refractivity contribution in [1.29, 1.82) is 0 Å². The number of hydrogen-bond donors (Lipinski definition) is 0. The summed E-state index contributed by atoms with van der Waals surface area (Å²) in [4.78, 5) is 11.3. The fraction of sp³-hybridized carbons (Fsp3) is 0.900. The summed E-state index contributed by atoms with van der Waals surface area (Å²) in [7, 11) is 1.74. The average Bonchev–Trinajstić information content (AvgIpc) is 2.18. The van der Waals surface area contributed by atoms with E-state index < -0.39 is 0 Å². The van der Waals surface area contributed by atoms with Crippen molar-refractivity contribution >= 4 is 17.4 Å². The highest BCUT2D eigenvalue weighted by Crippen LogP contribution is 2.34. The normalized spacial score (nSPS) is 34.5. The monoisotopic (exact) mass is 204 g/mol. The third kappa shape index (κ3) is 2.68. The van der Waals surface area contributed by atoms with E-state index in [4.69, 9.17) is 16.3 Å². The molecule has 1 aliphatic rings. The molecule has 0 aromatic rings. The van der Waals surface area contributed by atoms with Crippen LogP contribution in [0.2, 0.25) is 0 Å². The first-order valence-corrected chi connectivity index (χ1v) is 5.28. The molecule has 1 aliphatic carbocycles. The summed E-state index contributed by atoms with van der Waals surface area (Å²) in [5, 5.41) is 0. The van der Waals surface area contributed by atoms with Gasteiger partial charge in [0.1, 0.15) is 0 Å². The number of methoxy groups -OCH3 is 1. The Morgan fingerprint density at radius 1 is 1.54 bits per heavy atom. The molecule has 76 valence electrons. The third-order valence-corrected chi connectivity index (χ3v) is 3.39. The number of carbonyl (C=O) groups excluding carboxylic acids is 1. The Morgan fingerprint density at radius 2 is 2.08 bits per heavy atom. The van der Waals surface area contributed by atoms with Gasteiger partial charge >= 0.3 is 0 Å². The fourth-order valence-electron chi connectivity index (χ4n) is 1.86.